The van der Waals surface area contributed by atoms with E-state index in [0.717, 1.165) is 22.4 Å². The first-order chi connectivity index (χ1) is 14.3. The van der Waals surface area contributed by atoms with Gasteiger partial charge in [-0.25, -0.2) is 8.42 Å². The molecule has 1 heterocycles. The maximum absolute atomic E-state index is 12.9. The molecule has 1 amide bonds. The van der Waals surface area contributed by atoms with Gasteiger partial charge in [0.05, 0.1) is 17.4 Å². The van der Waals surface area contributed by atoms with Crippen LogP contribution in [-0.2, 0) is 14.8 Å². The van der Waals surface area contributed by atoms with Gasteiger partial charge < -0.3 is 10.1 Å². The third kappa shape index (κ3) is 5.61. The number of aryl methyl sites for hydroxylation is 3. The van der Waals surface area contributed by atoms with Crippen LogP contribution in [0.4, 0.5) is 0 Å². The number of hydrogen-bond acceptors (Lipinski definition) is 4. The zero-order chi connectivity index (χ0) is 21.7. The van der Waals surface area contributed by atoms with Gasteiger partial charge in [-0.2, -0.15) is 4.31 Å². The number of amides is 1. The number of hydrogen-bond donors (Lipinski definition) is 1. The molecule has 1 atom stereocenters. The van der Waals surface area contributed by atoms with Crippen molar-refractivity contribution in [2.75, 3.05) is 26.2 Å². The Balaban J connectivity index is 1.52. The molecule has 0 saturated carbocycles. The van der Waals surface area contributed by atoms with E-state index in [-0.39, 0.29) is 23.3 Å². The summed E-state index contributed by atoms with van der Waals surface area (Å²) < 4.78 is 33.0. The summed E-state index contributed by atoms with van der Waals surface area (Å²) >= 11 is 0. The Morgan fingerprint density at radius 2 is 1.73 bits per heavy atom. The number of rotatable bonds is 7. The van der Waals surface area contributed by atoms with E-state index >= 15 is 0 Å². The van der Waals surface area contributed by atoms with Gasteiger partial charge in [-0.1, -0.05) is 23.8 Å². The van der Waals surface area contributed by atoms with Crippen molar-refractivity contribution in [2.45, 2.75) is 38.5 Å². The average molecular weight is 431 g/mol. The molecule has 0 bridgehead atoms. The minimum atomic E-state index is -3.59. The second kappa shape index (κ2) is 9.62. The van der Waals surface area contributed by atoms with E-state index < -0.39 is 10.0 Å². The zero-order valence-corrected chi connectivity index (χ0v) is 18.7. The predicted octanol–water partition coefficient (Wildman–Crippen LogP) is 3.21. The van der Waals surface area contributed by atoms with Crippen LogP contribution in [-0.4, -0.2) is 44.9 Å². The topological polar surface area (TPSA) is 75.7 Å². The van der Waals surface area contributed by atoms with E-state index in [4.69, 9.17) is 4.74 Å². The maximum Gasteiger partial charge on any atom is 0.243 e. The lowest BCUT2D eigenvalue weighted by Crippen LogP contribution is -2.45. The fourth-order valence-electron chi connectivity index (χ4n) is 3.74. The third-order valence-electron chi connectivity index (χ3n) is 5.28. The molecule has 3 rings (SSSR count). The van der Waals surface area contributed by atoms with E-state index in [2.05, 4.69) is 11.4 Å². The molecule has 1 N–H and O–H groups in total. The highest BCUT2D eigenvalue weighted by Gasteiger charge is 2.33. The van der Waals surface area contributed by atoms with Gasteiger partial charge in [-0.3, -0.25) is 4.79 Å². The zero-order valence-electron chi connectivity index (χ0n) is 17.8. The van der Waals surface area contributed by atoms with Crippen LogP contribution in [0.2, 0.25) is 0 Å². The van der Waals surface area contributed by atoms with Crippen LogP contribution in [0.25, 0.3) is 0 Å². The number of carbonyl (C=O) groups is 1. The van der Waals surface area contributed by atoms with Crippen molar-refractivity contribution in [3.8, 4) is 5.75 Å². The van der Waals surface area contributed by atoms with Gasteiger partial charge >= 0.3 is 0 Å². The fourth-order valence-corrected chi connectivity index (χ4v) is 5.26. The van der Waals surface area contributed by atoms with Gasteiger partial charge in [0.25, 0.3) is 0 Å². The summed E-state index contributed by atoms with van der Waals surface area (Å²) in [5.41, 5.74) is 3.27. The van der Waals surface area contributed by atoms with E-state index in [1.54, 1.807) is 24.3 Å². The molecular weight excluding hydrogens is 400 g/mol. The normalized spacial score (nSPS) is 17.5. The lowest BCUT2D eigenvalue weighted by atomic mass is 9.99. The highest BCUT2D eigenvalue weighted by Crippen LogP contribution is 2.24. The molecule has 162 valence electrons. The van der Waals surface area contributed by atoms with Gasteiger partial charge in [0.15, 0.2) is 0 Å². The summed E-state index contributed by atoms with van der Waals surface area (Å²) in [6.07, 6.45) is 1.35. The molecule has 1 unspecified atom stereocenters. The second-order valence-corrected chi connectivity index (χ2v) is 9.92. The highest BCUT2D eigenvalue weighted by atomic mass is 32.2. The van der Waals surface area contributed by atoms with Crippen LogP contribution in [0.5, 0.6) is 5.75 Å². The maximum atomic E-state index is 12.9. The summed E-state index contributed by atoms with van der Waals surface area (Å²) in [7, 11) is -3.59. The smallest absolute Gasteiger partial charge is 0.243 e. The van der Waals surface area contributed by atoms with Crippen molar-refractivity contribution in [1.82, 2.24) is 9.62 Å². The minimum Gasteiger partial charge on any atom is -0.492 e. The van der Waals surface area contributed by atoms with E-state index in [9.17, 15) is 13.2 Å². The molecule has 0 radical (unpaired) electrons. The van der Waals surface area contributed by atoms with Crippen molar-refractivity contribution in [3.05, 3.63) is 59.2 Å². The minimum absolute atomic E-state index is 0.122. The van der Waals surface area contributed by atoms with Crippen molar-refractivity contribution >= 4 is 15.9 Å². The number of ether oxygens (including phenoxy) is 1. The molecule has 1 fully saturated rings. The molecule has 1 aliphatic heterocycles. The van der Waals surface area contributed by atoms with Gasteiger partial charge in [-0.15, -0.1) is 0 Å². The van der Waals surface area contributed by atoms with Crippen LogP contribution >= 0.6 is 0 Å². The Bertz CT molecular complexity index is 967. The molecule has 2 aromatic carbocycles. The van der Waals surface area contributed by atoms with Crippen LogP contribution in [0.3, 0.4) is 0 Å². The average Bonchev–Trinajstić information content (AvgIpc) is 2.71. The Kier molecular flexibility index (Phi) is 7.15. The largest absolute Gasteiger partial charge is 0.492 e. The number of sulfonamides is 1. The molecule has 0 spiro atoms. The Hall–Kier alpha value is -2.38. The van der Waals surface area contributed by atoms with Crippen molar-refractivity contribution < 1.29 is 17.9 Å². The standard InChI is InChI=1S/C23H30N2O4S/c1-17-6-8-22(9-7-17)30(27,28)25-11-4-5-20(16-25)23(26)24-10-12-29-21-14-18(2)13-19(3)15-21/h6-9,13-15,20H,4-5,10-12,16H2,1-3H3,(H,24,26). The molecule has 1 aliphatic rings. The molecule has 7 heteroatoms. The molecular formula is C23H30N2O4S. The van der Waals surface area contributed by atoms with Gasteiger partial charge in [-0.05, 0) is 69.0 Å². The number of nitrogens with zero attached hydrogens (tertiary/aromatic N) is 1. The number of nitrogens with one attached hydrogen (secondary N) is 1. The van der Waals surface area contributed by atoms with Crippen LogP contribution < -0.4 is 10.1 Å². The molecule has 6 nitrogen and oxygen atoms in total. The summed E-state index contributed by atoms with van der Waals surface area (Å²) in [5, 5.41) is 2.89. The first-order valence-corrected chi connectivity index (χ1v) is 11.8. The van der Waals surface area contributed by atoms with E-state index in [1.165, 1.54) is 4.31 Å². The van der Waals surface area contributed by atoms with Crippen molar-refractivity contribution in [3.63, 3.8) is 0 Å². The van der Waals surface area contributed by atoms with Crippen LogP contribution in [0, 0.1) is 26.7 Å². The van der Waals surface area contributed by atoms with Crippen molar-refractivity contribution in [1.29, 1.82) is 0 Å². The van der Waals surface area contributed by atoms with Gasteiger partial charge in [0, 0.05) is 13.1 Å². The third-order valence-corrected chi connectivity index (χ3v) is 7.16. The molecule has 2 aromatic rings. The number of benzene rings is 2. The monoisotopic (exact) mass is 430 g/mol. The number of carbonyl (C=O) groups excluding carboxylic acids is 1. The fraction of sp³-hybridized carbons (Fsp3) is 0.435. The summed E-state index contributed by atoms with van der Waals surface area (Å²) in [5.74, 6) is 0.317. The highest BCUT2D eigenvalue weighted by molar-refractivity contribution is 7.89. The number of piperidine rings is 1. The predicted molar refractivity (Wildman–Crippen MR) is 117 cm³/mol. The summed E-state index contributed by atoms with van der Waals surface area (Å²) in [6.45, 7) is 7.35. The molecule has 1 saturated heterocycles. The quantitative estimate of drug-likeness (QED) is 0.685. The Morgan fingerprint density at radius 3 is 2.40 bits per heavy atom. The van der Waals surface area contributed by atoms with Gasteiger partial charge in [0.1, 0.15) is 12.4 Å². The first kappa shape index (κ1) is 22.3. The molecule has 0 aromatic heterocycles. The summed E-state index contributed by atoms with van der Waals surface area (Å²) in [4.78, 5) is 12.9. The van der Waals surface area contributed by atoms with E-state index in [1.807, 2.05) is 32.9 Å². The lowest BCUT2D eigenvalue weighted by molar-refractivity contribution is -0.126. The van der Waals surface area contributed by atoms with Crippen LogP contribution in [0.1, 0.15) is 29.5 Å². The first-order valence-electron chi connectivity index (χ1n) is 10.3. The molecule has 30 heavy (non-hydrogen) atoms. The summed E-state index contributed by atoms with van der Waals surface area (Å²) in [6, 6.07) is 12.8. The van der Waals surface area contributed by atoms with E-state index in [0.29, 0.717) is 32.5 Å². The van der Waals surface area contributed by atoms with Gasteiger partial charge in [0.2, 0.25) is 15.9 Å². The second-order valence-electron chi connectivity index (χ2n) is 7.98. The van der Waals surface area contributed by atoms with Crippen molar-refractivity contribution in [2.24, 2.45) is 5.92 Å². The molecule has 0 aliphatic carbocycles. The lowest BCUT2D eigenvalue weighted by Gasteiger charge is -2.31. The van der Waals surface area contributed by atoms with Crippen LogP contribution in [0.15, 0.2) is 47.4 Å². The SMILES string of the molecule is Cc1ccc(S(=O)(=O)N2CCCC(C(=O)NCCOc3cc(C)cc(C)c3)C2)cc1. The Morgan fingerprint density at radius 1 is 1.07 bits per heavy atom. The Labute approximate surface area is 179 Å².